The van der Waals surface area contributed by atoms with Crippen molar-refractivity contribution >= 4 is 11.6 Å². The third kappa shape index (κ3) is 5.52. The number of nitrogens with zero attached hydrogens (tertiary/aromatic N) is 2. The van der Waals surface area contributed by atoms with E-state index >= 15 is 0 Å². The van der Waals surface area contributed by atoms with Crippen LogP contribution in [0.5, 0.6) is 5.75 Å². The number of carbonyl (C=O) groups is 1. The first kappa shape index (κ1) is 22.8. The number of hydrogen-bond acceptors (Lipinski definition) is 4. The van der Waals surface area contributed by atoms with Crippen molar-refractivity contribution in [2.24, 2.45) is 0 Å². The second kappa shape index (κ2) is 10.5. The Kier molecular flexibility index (Phi) is 7.25. The monoisotopic (exact) mass is 447 g/mol. The largest absolute Gasteiger partial charge is 0.497 e. The highest BCUT2D eigenvalue weighted by atomic mass is 19.1. The van der Waals surface area contributed by atoms with Gasteiger partial charge in [-0.25, -0.2) is 4.39 Å². The Labute approximate surface area is 194 Å². The summed E-state index contributed by atoms with van der Waals surface area (Å²) in [4.78, 5) is 18.3. The molecular formula is C27H30FN3O2. The van der Waals surface area contributed by atoms with Crippen LogP contribution in [0, 0.1) is 5.82 Å². The van der Waals surface area contributed by atoms with Crippen LogP contribution in [0.1, 0.15) is 29.6 Å². The summed E-state index contributed by atoms with van der Waals surface area (Å²) in [5, 5.41) is 3.38. The van der Waals surface area contributed by atoms with Crippen LogP contribution in [0.25, 0.3) is 0 Å². The topological polar surface area (TPSA) is 44.8 Å². The number of methoxy groups -OCH3 is 1. The molecule has 1 N–H and O–H groups in total. The Morgan fingerprint density at radius 1 is 1.03 bits per heavy atom. The molecule has 1 amide bonds. The lowest BCUT2D eigenvalue weighted by atomic mass is 10.0. The van der Waals surface area contributed by atoms with Crippen molar-refractivity contribution in [1.29, 1.82) is 0 Å². The summed E-state index contributed by atoms with van der Waals surface area (Å²) in [5.74, 6) is 0.335. The van der Waals surface area contributed by atoms with Gasteiger partial charge in [0.15, 0.2) is 0 Å². The summed E-state index contributed by atoms with van der Waals surface area (Å²) >= 11 is 0. The molecule has 0 bridgehead atoms. The average Bonchev–Trinajstić information content (AvgIpc) is 3.05. The normalized spacial score (nSPS) is 17.8. The Balaban J connectivity index is 1.71. The van der Waals surface area contributed by atoms with E-state index in [9.17, 15) is 9.18 Å². The summed E-state index contributed by atoms with van der Waals surface area (Å²) in [5.41, 5.74) is 2.59. The van der Waals surface area contributed by atoms with Crippen LogP contribution < -0.4 is 10.1 Å². The average molecular weight is 448 g/mol. The Bertz CT molecular complexity index is 1060. The molecule has 0 aliphatic carbocycles. The molecule has 6 heteroatoms. The van der Waals surface area contributed by atoms with E-state index in [1.54, 1.807) is 19.2 Å². The van der Waals surface area contributed by atoms with Gasteiger partial charge in [0, 0.05) is 24.8 Å². The molecule has 4 rings (SSSR count). The van der Waals surface area contributed by atoms with E-state index in [0.29, 0.717) is 17.9 Å². The molecule has 0 saturated carbocycles. The fourth-order valence-electron chi connectivity index (χ4n) is 4.36. The molecule has 5 nitrogen and oxygen atoms in total. The van der Waals surface area contributed by atoms with E-state index in [2.05, 4.69) is 29.4 Å². The number of ether oxygens (including phenoxy) is 1. The van der Waals surface area contributed by atoms with Gasteiger partial charge in [0.1, 0.15) is 17.6 Å². The van der Waals surface area contributed by atoms with Gasteiger partial charge in [0.2, 0.25) is 5.91 Å². The van der Waals surface area contributed by atoms with Gasteiger partial charge >= 0.3 is 0 Å². The number of nitrogens with one attached hydrogen (secondary N) is 1. The van der Waals surface area contributed by atoms with E-state index < -0.39 is 6.04 Å². The minimum absolute atomic E-state index is 0.0337. The molecule has 0 spiro atoms. The lowest BCUT2D eigenvalue weighted by Gasteiger charge is -2.34. The van der Waals surface area contributed by atoms with Gasteiger partial charge in [0.25, 0.3) is 0 Å². The van der Waals surface area contributed by atoms with Gasteiger partial charge in [-0.1, -0.05) is 48.5 Å². The van der Waals surface area contributed by atoms with Gasteiger partial charge in [-0.15, -0.1) is 0 Å². The highest BCUT2D eigenvalue weighted by molar-refractivity contribution is 5.86. The number of amides is 1. The highest BCUT2D eigenvalue weighted by Crippen LogP contribution is 2.31. The quantitative estimate of drug-likeness (QED) is 0.584. The second-order valence-electron chi connectivity index (χ2n) is 8.43. The standard InChI is InChI=1S/C27H30FN3O2/c1-30-16-7-17-31(25(19-30)20-8-4-3-5-9-20)27(32)26(21-12-14-22(28)15-13-21)29-23-10-6-11-24(18-23)33-2/h3-6,8-15,18,25-26,29H,7,16-17,19H2,1-2H3. The molecule has 1 aliphatic rings. The predicted octanol–water partition coefficient (Wildman–Crippen LogP) is 4.89. The van der Waals surface area contributed by atoms with Gasteiger partial charge in [-0.3, -0.25) is 4.79 Å². The maximum absolute atomic E-state index is 14.1. The molecule has 1 aliphatic heterocycles. The molecule has 0 aromatic heterocycles. The number of likely N-dealkylation sites (N-methyl/N-ethyl adjacent to an activating group) is 1. The molecule has 0 radical (unpaired) electrons. The molecule has 1 heterocycles. The number of hydrogen-bond donors (Lipinski definition) is 1. The molecule has 2 atom stereocenters. The van der Waals surface area contributed by atoms with Crippen LogP contribution >= 0.6 is 0 Å². The lowest BCUT2D eigenvalue weighted by molar-refractivity contribution is -0.134. The first-order valence-corrected chi connectivity index (χ1v) is 11.2. The Hall–Kier alpha value is -3.38. The SMILES string of the molecule is COc1cccc(NC(C(=O)N2CCCN(C)CC2c2ccccc2)c2ccc(F)cc2)c1. The number of benzene rings is 3. The number of halogens is 1. The maximum Gasteiger partial charge on any atom is 0.250 e. The zero-order chi connectivity index (χ0) is 23.2. The van der Waals surface area contributed by atoms with E-state index in [4.69, 9.17) is 4.74 Å². The smallest absolute Gasteiger partial charge is 0.250 e. The van der Waals surface area contributed by atoms with E-state index in [1.807, 2.05) is 47.4 Å². The van der Waals surface area contributed by atoms with Gasteiger partial charge < -0.3 is 19.9 Å². The van der Waals surface area contributed by atoms with Crippen molar-refractivity contribution in [2.45, 2.75) is 18.5 Å². The fraction of sp³-hybridized carbons (Fsp3) is 0.296. The first-order valence-electron chi connectivity index (χ1n) is 11.2. The van der Waals surface area contributed by atoms with Gasteiger partial charge in [-0.2, -0.15) is 0 Å². The van der Waals surface area contributed by atoms with Crippen molar-refractivity contribution in [3.63, 3.8) is 0 Å². The summed E-state index contributed by atoms with van der Waals surface area (Å²) in [7, 11) is 3.70. The van der Waals surface area contributed by atoms with Crippen molar-refractivity contribution < 1.29 is 13.9 Å². The number of carbonyl (C=O) groups excluding carboxylic acids is 1. The van der Waals surface area contributed by atoms with Crippen LogP contribution in [0.15, 0.2) is 78.9 Å². The minimum Gasteiger partial charge on any atom is -0.497 e. The summed E-state index contributed by atoms with van der Waals surface area (Å²) in [6.45, 7) is 2.34. The second-order valence-corrected chi connectivity index (χ2v) is 8.43. The van der Waals surface area contributed by atoms with Crippen LogP contribution in [0.4, 0.5) is 10.1 Å². The van der Waals surface area contributed by atoms with E-state index in [1.165, 1.54) is 12.1 Å². The molecule has 33 heavy (non-hydrogen) atoms. The number of rotatable bonds is 6. The van der Waals surface area contributed by atoms with Crippen LogP contribution in [0.2, 0.25) is 0 Å². The number of anilines is 1. The molecule has 2 unspecified atom stereocenters. The molecule has 1 saturated heterocycles. The summed E-state index contributed by atoms with van der Waals surface area (Å²) < 4.78 is 19.0. The maximum atomic E-state index is 14.1. The van der Waals surface area contributed by atoms with Crippen molar-refractivity contribution in [2.75, 3.05) is 39.1 Å². The van der Waals surface area contributed by atoms with Crippen molar-refractivity contribution in [1.82, 2.24) is 9.80 Å². The van der Waals surface area contributed by atoms with Crippen LogP contribution in [-0.2, 0) is 4.79 Å². The summed E-state index contributed by atoms with van der Waals surface area (Å²) in [6, 6.07) is 23.1. The predicted molar refractivity (Wildman–Crippen MR) is 129 cm³/mol. The molecule has 3 aromatic carbocycles. The molecule has 1 fully saturated rings. The molecular weight excluding hydrogens is 417 g/mol. The van der Waals surface area contributed by atoms with E-state index in [-0.39, 0.29) is 17.8 Å². The summed E-state index contributed by atoms with van der Waals surface area (Å²) in [6.07, 6.45) is 0.890. The van der Waals surface area contributed by atoms with Gasteiger partial charge in [0.05, 0.1) is 13.2 Å². The minimum atomic E-state index is -0.660. The Morgan fingerprint density at radius 2 is 1.79 bits per heavy atom. The zero-order valence-electron chi connectivity index (χ0n) is 19.1. The van der Waals surface area contributed by atoms with Crippen LogP contribution in [-0.4, -0.2) is 49.5 Å². The third-order valence-electron chi connectivity index (χ3n) is 6.10. The lowest BCUT2D eigenvalue weighted by Crippen LogP contribution is -2.42. The van der Waals surface area contributed by atoms with Crippen molar-refractivity contribution in [3.8, 4) is 5.75 Å². The molecule has 172 valence electrons. The van der Waals surface area contributed by atoms with Crippen LogP contribution in [0.3, 0.4) is 0 Å². The van der Waals surface area contributed by atoms with E-state index in [0.717, 1.165) is 30.8 Å². The Morgan fingerprint density at radius 3 is 2.52 bits per heavy atom. The molecule has 3 aromatic rings. The zero-order valence-corrected chi connectivity index (χ0v) is 19.1. The highest BCUT2D eigenvalue weighted by Gasteiger charge is 2.33. The third-order valence-corrected chi connectivity index (χ3v) is 6.10. The fourth-order valence-corrected chi connectivity index (χ4v) is 4.36. The van der Waals surface area contributed by atoms with Crippen molar-refractivity contribution in [3.05, 3.63) is 95.8 Å². The van der Waals surface area contributed by atoms with Gasteiger partial charge in [-0.05, 0) is 55.4 Å². The first-order chi connectivity index (χ1) is 16.0.